The molecule has 0 bridgehead atoms. The van der Waals surface area contributed by atoms with Gasteiger partial charge in [0, 0.05) is 29.2 Å². The molecule has 0 radical (unpaired) electrons. The van der Waals surface area contributed by atoms with E-state index in [1.807, 2.05) is 43.7 Å². The average Bonchev–Trinajstić information content (AvgIpc) is 2.92. The zero-order chi connectivity index (χ0) is 15.6. The van der Waals surface area contributed by atoms with E-state index in [1.54, 1.807) is 0 Å². The van der Waals surface area contributed by atoms with Crippen LogP contribution in [0.25, 0.3) is 0 Å². The third kappa shape index (κ3) is 3.52. The van der Waals surface area contributed by atoms with Crippen molar-refractivity contribution < 1.29 is 5.11 Å². The lowest BCUT2D eigenvalue weighted by Gasteiger charge is -2.33. The zero-order valence-corrected chi connectivity index (χ0v) is 13.3. The maximum absolute atomic E-state index is 10.8. The standard InChI is InChI=1S/C18H19ClN2O/c1-14-12-21(13-20-14)17-6-3-8-18(22,11-17)9-7-15-4-2-5-16(19)10-15/h2,4-5,10,12-13,17,22H,3,6,8,11H2,1H3/t17-,18-/m1/s1. The average molecular weight is 315 g/mol. The molecule has 1 aromatic carbocycles. The van der Waals surface area contributed by atoms with Gasteiger partial charge in [-0.1, -0.05) is 29.5 Å². The molecule has 0 aliphatic heterocycles. The van der Waals surface area contributed by atoms with Gasteiger partial charge in [0.05, 0.1) is 12.0 Å². The highest BCUT2D eigenvalue weighted by atomic mass is 35.5. The van der Waals surface area contributed by atoms with Crippen LogP contribution in [-0.4, -0.2) is 20.3 Å². The maximum atomic E-state index is 10.8. The molecular formula is C18H19ClN2O. The van der Waals surface area contributed by atoms with Crippen molar-refractivity contribution in [1.29, 1.82) is 0 Å². The third-order valence-corrected chi connectivity index (χ3v) is 4.35. The molecule has 4 heteroatoms. The van der Waals surface area contributed by atoms with Gasteiger partial charge in [0.15, 0.2) is 0 Å². The first-order valence-electron chi connectivity index (χ1n) is 7.55. The minimum atomic E-state index is -0.941. The lowest BCUT2D eigenvalue weighted by Crippen LogP contribution is -2.34. The van der Waals surface area contributed by atoms with Gasteiger partial charge in [-0.2, -0.15) is 0 Å². The largest absolute Gasteiger partial charge is 0.378 e. The highest BCUT2D eigenvalue weighted by molar-refractivity contribution is 6.30. The summed E-state index contributed by atoms with van der Waals surface area (Å²) in [4.78, 5) is 4.27. The molecule has 3 nitrogen and oxygen atoms in total. The molecule has 0 amide bonds. The zero-order valence-electron chi connectivity index (χ0n) is 12.6. The number of hydrogen-bond acceptors (Lipinski definition) is 2. The first kappa shape index (κ1) is 15.1. The number of imidazole rings is 1. The Bertz CT molecular complexity index is 728. The van der Waals surface area contributed by atoms with Crippen LogP contribution in [0.1, 0.15) is 43.0 Å². The fourth-order valence-corrected chi connectivity index (χ4v) is 3.18. The Labute approximate surface area is 136 Å². The number of hydrogen-bond donors (Lipinski definition) is 1. The van der Waals surface area contributed by atoms with Gasteiger partial charge in [0.25, 0.3) is 0 Å². The normalized spacial score (nSPS) is 24.6. The molecule has 0 saturated heterocycles. The summed E-state index contributed by atoms with van der Waals surface area (Å²) < 4.78 is 2.10. The van der Waals surface area contributed by atoms with Crippen molar-refractivity contribution in [3.8, 4) is 11.8 Å². The molecule has 1 saturated carbocycles. The molecule has 1 heterocycles. The fourth-order valence-electron chi connectivity index (χ4n) is 2.99. The summed E-state index contributed by atoms with van der Waals surface area (Å²) in [6, 6.07) is 7.67. The summed E-state index contributed by atoms with van der Waals surface area (Å²) in [5, 5.41) is 11.5. The number of halogens is 1. The highest BCUT2D eigenvalue weighted by Crippen LogP contribution is 2.35. The van der Waals surface area contributed by atoms with Crippen LogP contribution < -0.4 is 0 Å². The Morgan fingerprint density at radius 3 is 3.05 bits per heavy atom. The van der Waals surface area contributed by atoms with Gasteiger partial charge in [-0.25, -0.2) is 4.98 Å². The summed E-state index contributed by atoms with van der Waals surface area (Å²) in [5.74, 6) is 6.12. The topological polar surface area (TPSA) is 38.0 Å². The predicted molar refractivity (Wildman–Crippen MR) is 87.7 cm³/mol. The van der Waals surface area contributed by atoms with E-state index in [-0.39, 0.29) is 6.04 Å². The van der Waals surface area contributed by atoms with Crippen LogP contribution in [0.15, 0.2) is 36.8 Å². The Kier molecular flexibility index (Phi) is 4.24. The van der Waals surface area contributed by atoms with Crippen LogP contribution in [0.5, 0.6) is 0 Å². The fraction of sp³-hybridized carbons (Fsp3) is 0.389. The van der Waals surface area contributed by atoms with E-state index in [1.165, 1.54) is 0 Å². The molecule has 1 aliphatic carbocycles. The van der Waals surface area contributed by atoms with E-state index < -0.39 is 5.60 Å². The summed E-state index contributed by atoms with van der Waals surface area (Å²) >= 11 is 5.97. The molecule has 0 spiro atoms. The second kappa shape index (κ2) is 6.16. The Hall–Kier alpha value is -1.76. The van der Waals surface area contributed by atoms with Crippen LogP contribution >= 0.6 is 11.6 Å². The minimum Gasteiger partial charge on any atom is -0.378 e. The number of benzene rings is 1. The van der Waals surface area contributed by atoms with Crippen molar-refractivity contribution in [3.05, 3.63) is 53.1 Å². The van der Waals surface area contributed by atoms with E-state index in [0.717, 1.165) is 24.1 Å². The van der Waals surface area contributed by atoms with Crippen molar-refractivity contribution >= 4 is 11.6 Å². The smallest absolute Gasteiger partial charge is 0.127 e. The molecule has 1 fully saturated rings. The van der Waals surface area contributed by atoms with Gasteiger partial charge < -0.3 is 9.67 Å². The molecule has 1 N–H and O–H groups in total. The van der Waals surface area contributed by atoms with Gasteiger partial charge in [-0.15, -0.1) is 0 Å². The maximum Gasteiger partial charge on any atom is 0.127 e. The van der Waals surface area contributed by atoms with Crippen molar-refractivity contribution in [2.45, 2.75) is 44.2 Å². The van der Waals surface area contributed by atoms with E-state index in [9.17, 15) is 5.11 Å². The molecule has 22 heavy (non-hydrogen) atoms. The lowest BCUT2D eigenvalue weighted by molar-refractivity contribution is 0.0397. The van der Waals surface area contributed by atoms with Crippen LogP contribution in [0.4, 0.5) is 0 Å². The summed E-state index contributed by atoms with van der Waals surface area (Å²) in [6.07, 6.45) is 7.23. The second-order valence-electron chi connectivity index (χ2n) is 6.00. The minimum absolute atomic E-state index is 0.258. The van der Waals surface area contributed by atoms with Gasteiger partial charge in [0.2, 0.25) is 0 Å². The molecule has 1 aliphatic rings. The Morgan fingerprint density at radius 1 is 1.45 bits per heavy atom. The van der Waals surface area contributed by atoms with Gasteiger partial charge in [-0.3, -0.25) is 0 Å². The number of aromatic nitrogens is 2. The first-order chi connectivity index (χ1) is 10.5. The molecule has 2 atom stereocenters. The monoisotopic (exact) mass is 314 g/mol. The molecule has 114 valence electrons. The second-order valence-corrected chi connectivity index (χ2v) is 6.44. The quantitative estimate of drug-likeness (QED) is 0.814. The van der Waals surface area contributed by atoms with Gasteiger partial charge in [-0.05, 0) is 44.4 Å². The molecule has 2 aromatic rings. The van der Waals surface area contributed by atoms with Crippen molar-refractivity contribution in [3.63, 3.8) is 0 Å². The van der Waals surface area contributed by atoms with Gasteiger partial charge in [0.1, 0.15) is 5.60 Å². The third-order valence-electron chi connectivity index (χ3n) is 4.12. The van der Waals surface area contributed by atoms with Crippen LogP contribution in [0, 0.1) is 18.8 Å². The van der Waals surface area contributed by atoms with E-state index in [4.69, 9.17) is 11.6 Å². The summed E-state index contributed by atoms with van der Waals surface area (Å²) in [6.45, 7) is 1.98. The van der Waals surface area contributed by atoms with Gasteiger partial charge >= 0.3 is 0 Å². The van der Waals surface area contributed by atoms with Crippen molar-refractivity contribution in [1.82, 2.24) is 9.55 Å². The first-order valence-corrected chi connectivity index (χ1v) is 7.93. The molecular weight excluding hydrogens is 296 g/mol. The van der Waals surface area contributed by atoms with Crippen LogP contribution in [0.3, 0.4) is 0 Å². The van der Waals surface area contributed by atoms with E-state index in [2.05, 4.69) is 21.4 Å². The SMILES string of the molecule is Cc1cn([C@@H]2CCC[C@@](O)(C#Cc3cccc(Cl)c3)C2)cn1. The van der Waals surface area contributed by atoms with E-state index in [0.29, 0.717) is 17.9 Å². The Morgan fingerprint density at radius 2 is 2.32 bits per heavy atom. The number of aryl methyl sites for hydroxylation is 1. The van der Waals surface area contributed by atoms with Crippen molar-refractivity contribution in [2.75, 3.05) is 0 Å². The van der Waals surface area contributed by atoms with Crippen LogP contribution in [0.2, 0.25) is 5.02 Å². The Balaban J connectivity index is 1.78. The molecule has 3 rings (SSSR count). The van der Waals surface area contributed by atoms with E-state index >= 15 is 0 Å². The molecule has 0 unspecified atom stereocenters. The number of nitrogens with zero attached hydrogens (tertiary/aromatic N) is 2. The summed E-state index contributed by atoms with van der Waals surface area (Å²) in [5.41, 5.74) is 0.893. The highest BCUT2D eigenvalue weighted by Gasteiger charge is 2.33. The number of aliphatic hydroxyl groups is 1. The summed E-state index contributed by atoms with van der Waals surface area (Å²) in [7, 11) is 0. The lowest BCUT2D eigenvalue weighted by atomic mass is 9.82. The predicted octanol–water partition coefficient (Wildman–Crippen LogP) is 3.74. The van der Waals surface area contributed by atoms with Crippen molar-refractivity contribution in [2.24, 2.45) is 0 Å². The van der Waals surface area contributed by atoms with Crippen LogP contribution in [-0.2, 0) is 0 Å². The number of rotatable bonds is 1. The molecule has 1 aromatic heterocycles.